The SMILES string of the molecule is CCOc1ccc(NC(=O)C[C@@H]2SC(=N[C@@H](c3ccc(C(C)C)cc3)c3c(O)[nH]c(=O)[nH]c3=O)NC2=O)cc1. The van der Waals surface area contributed by atoms with Gasteiger partial charge in [-0.3, -0.25) is 24.4 Å². The minimum atomic E-state index is -1.04. The van der Waals surface area contributed by atoms with Gasteiger partial charge in [0.1, 0.15) is 22.6 Å². The number of amides is 2. The molecule has 0 aliphatic carbocycles. The maximum Gasteiger partial charge on any atom is 0.328 e. The quantitative estimate of drug-likeness (QED) is 0.273. The maximum absolute atomic E-state index is 12.7. The number of rotatable bonds is 9. The average molecular weight is 552 g/mol. The monoisotopic (exact) mass is 551 g/mol. The Balaban J connectivity index is 1.55. The van der Waals surface area contributed by atoms with E-state index < -0.39 is 34.3 Å². The van der Waals surface area contributed by atoms with Gasteiger partial charge in [-0.05, 0) is 48.2 Å². The second kappa shape index (κ2) is 12.0. The van der Waals surface area contributed by atoms with Crippen LogP contribution in [0.4, 0.5) is 5.69 Å². The van der Waals surface area contributed by atoms with E-state index in [4.69, 9.17) is 4.74 Å². The average Bonchev–Trinajstić information content (AvgIpc) is 3.22. The van der Waals surface area contributed by atoms with Gasteiger partial charge in [-0.2, -0.15) is 0 Å². The number of nitrogens with one attached hydrogen (secondary N) is 4. The smallest absolute Gasteiger partial charge is 0.328 e. The van der Waals surface area contributed by atoms with Gasteiger partial charge in [-0.15, -0.1) is 0 Å². The summed E-state index contributed by atoms with van der Waals surface area (Å²) in [6.45, 7) is 6.50. The highest BCUT2D eigenvalue weighted by molar-refractivity contribution is 8.15. The van der Waals surface area contributed by atoms with E-state index in [0.29, 0.717) is 23.6 Å². The molecule has 2 amide bonds. The zero-order valence-electron chi connectivity index (χ0n) is 21.6. The molecular weight excluding hydrogens is 522 g/mol. The van der Waals surface area contributed by atoms with Crippen molar-refractivity contribution in [2.75, 3.05) is 11.9 Å². The Morgan fingerprint density at radius 3 is 2.33 bits per heavy atom. The molecule has 1 fully saturated rings. The number of hydrogen-bond donors (Lipinski definition) is 5. The van der Waals surface area contributed by atoms with E-state index in [-0.39, 0.29) is 29.0 Å². The highest BCUT2D eigenvalue weighted by atomic mass is 32.2. The first-order valence-electron chi connectivity index (χ1n) is 12.4. The van der Waals surface area contributed by atoms with Gasteiger partial charge in [0.05, 0.1) is 6.61 Å². The second-order valence-electron chi connectivity index (χ2n) is 9.13. The van der Waals surface area contributed by atoms with Crippen molar-refractivity contribution < 1.29 is 19.4 Å². The molecule has 2 aromatic carbocycles. The third kappa shape index (κ3) is 6.77. The van der Waals surface area contributed by atoms with Crippen LogP contribution in [0, 0.1) is 0 Å². The first-order valence-corrected chi connectivity index (χ1v) is 13.3. The van der Waals surface area contributed by atoms with E-state index in [1.165, 1.54) is 0 Å². The van der Waals surface area contributed by atoms with Crippen molar-refractivity contribution in [3.8, 4) is 11.6 Å². The summed E-state index contributed by atoms with van der Waals surface area (Å²) in [5.41, 5.74) is 0.353. The van der Waals surface area contributed by atoms with Crippen molar-refractivity contribution in [1.29, 1.82) is 0 Å². The Morgan fingerprint density at radius 2 is 1.72 bits per heavy atom. The Morgan fingerprint density at radius 1 is 1.05 bits per heavy atom. The van der Waals surface area contributed by atoms with Crippen molar-refractivity contribution in [1.82, 2.24) is 15.3 Å². The predicted octanol–water partition coefficient (Wildman–Crippen LogP) is 3.00. The topological polar surface area (TPSA) is 166 Å². The zero-order chi connectivity index (χ0) is 28.1. The van der Waals surface area contributed by atoms with Crippen molar-refractivity contribution in [3.05, 3.63) is 86.1 Å². The number of hydrogen-bond acceptors (Lipinski definition) is 8. The molecule has 1 aromatic heterocycles. The van der Waals surface area contributed by atoms with E-state index in [0.717, 1.165) is 17.3 Å². The molecule has 39 heavy (non-hydrogen) atoms. The van der Waals surface area contributed by atoms with E-state index in [1.807, 2.05) is 32.9 Å². The number of aromatic hydroxyl groups is 1. The number of nitrogens with zero attached hydrogens (tertiary/aromatic N) is 1. The van der Waals surface area contributed by atoms with Crippen LogP contribution < -0.4 is 26.6 Å². The first-order chi connectivity index (χ1) is 18.6. The highest BCUT2D eigenvalue weighted by Crippen LogP contribution is 2.32. The van der Waals surface area contributed by atoms with Crippen LogP contribution in [-0.2, 0) is 9.59 Å². The summed E-state index contributed by atoms with van der Waals surface area (Å²) in [5, 5.41) is 15.3. The fourth-order valence-corrected chi connectivity index (χ4v) is 5.00. The number of aromatic amines is 2. The molecule has 0 spiro atoms. The molecule has 1 saturated heterocycles. The van der Waals surface area contributed by atoms with Gasteiger partial charge in [0.15, 0.2) is 5.17 Å². The summed E-state index contributed by atoms with van der Waals surface area (Å²) in [4.78, 5) is 58.4. The molecule has 3 aromatic rings. The maximum atomic E-state index is 12.7. The van der Waals surface area contributed by atoms with Gasteiger partial charge in [0, 0.05) is 12.1 Å². The number of benzene rings is 2. The number of aliphatic imine (C=N–C) groups is 1. The summed E-state index contributed by atoms with van der Waals surface area (Å²) in [7, 11) is 0. The van der Waals surface area contributed by atoms with Crippen molar-refractivity contribution in [2.24, 2.45) is 4.99 Å². The molecule has 2 atom stereocenters. The fourth-order valence-electron chi connectivity index (χ4n) is 4.01. The molecule has 12 heteroatoms. The van der Waals surface area contributed by atoms with Crippen molar-refractivity contribution >= 4 is 34.4 Å². The Bertz CT molecular complexity index is 1490. The lowest BCUT2D eigenvalue weighted by molar-refractivity contribution is -0.122. The van der Waals surface area contributed by atoms with E-state index in [9.17, 15) is 24.3 Å². The van der Waals surface area contributed by atoms with Gasteiger partial charge in [0.25, 0.3) is 5.56 Å². The van der Waals surface area contributed by atoms with Crippen molar-refractivity contribution in [3.63, 3.8) is 0 Å². The van der Waals surface area contributed by atoms with Crippen LogP contribution in [0.25, 0.3) is 0 Å². The predicted molar refractivity (Wildman–Crippen MR) is 150 cm³/mol. The lowest BCUT2D eigenvalue weighted by Gasteiger charge is -2.15. The Labute approximate surface area is 228 Å². The highest BCUT2D eigenvalue weighted by Gasteiger charge is 2.34. The van der Waals surface area contributed by atoms with Crippen LogP contribution in [0.3, 0.4) is 0 Å². The second-order valence-corrected chi connectivity index (χ2v) is 10.3. The van der Waals surface area contributed by atoms with Gasteiger partial charge in [-0.25, -0.2) is 9.79 Å². The van der Waals surface area contributed by atoms with Gasteiger partial charge in [0.2, 0.25) is 17.7 Å². The van der Waals surface area contributed by atoms with Crippen molar-refractivity contribution in [2.45, 2.75) is 44.4 Å². The molecule has 5 N–H and O–H groups in total. The Kier molecular flexibility index (Phi) is 8.55. The minimum Gasteiger partial charge on any atom is -0.494 e. The Hall–Kier alpha value is -4.32. The van der Waals surface area contributed by atoms with Gasteiger partial charge < -0.3 is 20.5 Å². The normalized spacial score (nSPS) is 16.8. The van der Waals surface area contributed by atoms with Gasteiger partial charge >= 0.3 is 5.69 Å². The number of carbonyl (C=O) groups is 2. The molecule has 1 aliphatic heterocycles. The summed E-state index contributed by atoms with van der Waals surface area (Å²) in [6.07, 6.45) is -0.110. The molecule has 0 radical (unpaired) electrons. The number of thioether (sulfide) groups is 1. The number of carbonyl (C=O) groups excluding carboxylic acids is 2. The molecule has 4 rings (SSSR count). The van der Waals surface area contributed by atoms with E-state index >= 15 is 0 Å². The largest absolute Gasteiger partial charge is 0.494 e. The first kappa shape index (κ1) is 27.7. The lowest BCUT2D eigenvalue weighted by Crippen LogP contribution is -2.29. The standard InChI is InChI=1S/C27H29N5O6S/c1-4-38-18-11-9-17(10-12-18)28-20(33)13-19-23(34)32-27(39-19)29-22(16-7-5-15(6-8-16)14(2)3)21-24(35)30-26(37)31-25(21)36/h5-12,14,19,22H,4,13H2,1-3H3,(H,28,33)(H,29,32,34)(H3,30,31,35,36,37)/t19-,22-/m0/s1. The molecule has 0 saturated carbocycles. The summed E-state index contributed by atoms with van der Waals surface area (Å²) >= 11 is 1.05. The molecular formula is C27H29N5O6S. The van der Waals surface area contributed by atoms with Crippen LogP contribution in [0.1, 0.15) is 55.8 Å². The molecule has 0 unspecified atom stereocenters. The van der Waals surface area contributed by atoms with Crippen LogP contribution in [0.5, 0.6) is 11.6 Å². The van der Waals surface area contributed by atoms with Crippen LogP contribution in [-0.4, -0.2) is 43.9 Å². The van der Waals surface area contributed by atoms with Crippen LogP contribution in [0.15, 0.2) is 63.1 Å². The van der Waals surface area contributed by atoms with E-state index in [2.05, 4.69) is 25.6 Å². The zero-order valence-corrected chi connectivity index (χ0v) is 22.4. The number of anilines is 1. The fraction of sp³-hybridized carbons (Fsp3) is 0.296. The number of aromatic nitrogens is 2. The lowest BCUT2D eigenvalue weighted by atomic mass is 9.96. The number of amidine groups is 1. The van der Waals surface area contributed by atoms with Crippen LogP contribution in [0.2, 0.25) is 0 Å². The van der Waals surface area contributed by atoms with Crippen LogP contribution >= 0.6 is 11.8 Å². The summed E-state index contributed by atoms with van der Waals surface area (Å²) < 4.78 is 5.39. The van der Waals surface area contributed by atoms with Gasteiger partial charge in [-0.1, -0.05) is 49.9 Å². The third-order valence-electron chi connectivity index (χ3n) is 5.99. The molecule has 2 heterocycles. The molecule has 204 valence electrons. The summed E-state index contributed by atoms with van der Waals surface area (Å²) in [6, 6.07) is 13.2. The number of ether oxygens (including phenoxy) is 1. The molecule has 11 nitrogen and oxygen atoms in total. The molecule has 1 aliphatic rings. The van der Waals surface area contributed by atoms with E-state index in [1.54, 1.807) is 36.4 Å². The minimum absolute atomic E-state index is 0.110. The molecule has 0 bridgehead atoms. The summed E-state index contributed by atoms with van der Waals surface area (Å²) in [5.74, 6) is -0.430. The third-order valence-corrected chi connectivity index (χ3v) is 7.09. The number of H-pyrrole nitrogens is 2.